The number of benzene rings is 1. The van der Waals surface area contributed by atoms with E-state index in [1.807, 2.05) is 18.2 Å². The van der Waals surface area contributed by atoms with Gasteiger partial charge in [0.05, 0.1) is 4.92 Å². The summed E-state index contributed by atoms with van der Waals surface area (Å²) < 4.78 is 5.13. The number of hydrogen-bond donors (Lipinski definition) is 0. The van der Waals surface area contributed by atoms with E-state index >= 15 is 0 Å². The second-order valence-electron chi connectivity index (χ2n) is 4.53. The van der Waals surface area contributed by atoms with Crippen LogP contribution in [0.5, 0.6) is 0 Å². The molecule has 1 amide bonds. The predicted octanol–water partition coefficient (Wildman–Crippen LogP) is 2.63. The Labute approximate surface area is 131 Å². The smallest absolute Gasteiger partial charge is 0.415 e. The van der Waals surface area contributed by atoms with E-state index < -0.39 is 11.0 Å². The van der Waals surface area contributed by atoms with E-state index in [4.69, 9.17) is 10.00 Å². The molecule has 0 spiro atoms. The average Bonchev–Trinajstić information content (AvgIpc) is 2.59. The minimum absolute atomic E-state index is 0.00355. The predicted molar refractivity (Wildman–Crippen MR) is 80.6 cm³/mol. The maximum Gasteiger partial charge on any atom is 0.415 e. The number of pyridine rings is 1. The lowest BCUT2D eigenvalue weighted by atomic mass is 10.2. The molecule has 0 aliphatic heterocycles. The summed E-state index contributed by atoms with van der Waals surface area (Å²) in [5.41, 5.74) is 0.404. The third kappa shape index (κ3) is 3.79. The summed E-state index contributed by atoms with van der Waals surface area (Å²) in [6.07, 6.45) is 0.267. The Balaban J connectivity index is 2.13. The Kier molecular flexibility index (Phi) is 4.84. The van der Waals surface area contributed by atoms with Gasteiger partial charge in [-0.15, -0.1) is 0 Å². The largest absolute Gasteiger partial charge is 0.444 e. The molecule has 0 saturated carbocycles. The number of ether oxygens (including phenoxy) is 1. The van der Waals surface area contributed by atoms with Gasteiger partial charge in [0.25, 0.3) is 5.69 Å². The number of hydrogen-bond acceptors (Lipinski definition) is 6. The molecule has 8 heteroatoms. The van der Waals surface area contributed by atoms with E-state index in [0.717, 1.165) is 22.7 Å². The van der Waals surface area contributed by atoms with Gasteiger partial charge in [-0.2, -0.15) is 5.26 Å². The van der Waals surface area contributed by atoms with Gasteiger partial charge < -0.3 is 4.74 Å². The van der Waals surface area contributed by atoms with Gasteiger partial charge >= 0.3 is 6.09 Å². The van der Waals surface area contributed by atoms with Gasteiger partial charge in [0.1, 0.15) is 24.4 Å². The third-order valence-corrected chi connectivity index (χ3v) is 2.98. The highest BCUT2D eigenvalue weighted by atomic mass is 16.6. The average molecular weight is 312 g/mol. The number of nitriles is 1. The number of aromatic nitrogens is 1. The van der Waals surface area contributed by atoms with Gasteiger partial charge in [-0.25, -0.2) is 9.78 Å². The van der Waals surface area contributed by atoms with Crippen LogP contribution in [0.2, 0.25) is 0 Å². The molecule has 0 N–H and O–H groups in total. The van der Waals surface area contributed by atoms with Crippen molar-refractivity contribution >= 4 is 17.6 Å². The zero-order valence-electron chi connectivity index (χ0n) is 12.2. The highest BCUT2D eigenvalue weighted by Gasteiger charge is 2.20. The van der Waals surface area contributed by atoms with Gasteiger partial charge in [-0.1, -0.05) is 30.3 Å². The Hall–Kier alpha value is -3.47. The Morgan fingerprint density at radius 2 is 2.13 bits per heavy atom. The van der Waals surface area contributed by atoms with Crippen LogP contribution in [0.4, 0.5) is 16.3 Å². The molecule has 0 unspecified atom stereocenters. The summed E-state index contributed by atoms with van der Waals surface area (Å²) in [7, 11) is 1.38. The van der Waals surface area contributed by atoms with Crippen molar-refractivity contribution in [3.05, 3.63) is 63.8 Å². The molecule has 0 saturated heterocycles. The van der Waals surface area contributed by atoms with Crippen LogP contribution >= 0.6 is 0 Å². The number of amides is 1. The number of carbonyl (C=O) groups is 1. The number of carbonyl (C=O) groups excluding carboxylic acids is 1. The zero-order valence-corrected chi connectivity index (χ0v) is 12.2. The van der Waals surface area contributed by atoms with Gasteiger partial charge in [0.15, 0.2) is 5.82 Å². The summed E-state index contributed by atoms with van der Waals surface area (Å²) in [6, 6.07) is 11.9. The van der Waals surface area contributed by atoms with Crippen molar-refractivity contribution in [2.75, 3.05) is 11.9 Å². The molecule has 0 aliphatic rings. The van der Waals surface area contributed by atoms with Gasteiger partial charge in [0, 0.05) is 13.1 Å². The molecule has 2 aromatic rings. The number of rotatable bonds is 4. The molecule has 1 aromatic carbocycles. The standard InChI is InChI=1S/C15H12N4O4/c1-18(15(20)23-10-11-5-3-2-4-6-11)14-12(8-16)7-13(9-17-14)19(21)22/h2-7,9H,10H2,1H3. The third-order valence-electron chi connectivity index (χ3n) is 2.98. The maximum atomic E-state index is 12.0. The fourth-order valence-corrected chi connectivity index (χ4v) is 1.80. The minimum atomic E-state index is -0.716. The SMILES string of the molecule is CN(C(=O)OCc1ccccc1)c1ncc([N+](=O)[O-])cc1C#N. The molecule has 0 atom stereocenters. The normalized spacial score (nSPS) is 9.74. The van der Waals surface area contributed by atoms with Crippen molar-refractivity contribution in [1.29, 1.82) is 5.26 Å². The molecule has 0 bridgehead atoms. The topological polar surface area (TPSA) is 109 Å². The fraction of sp³-hybridized carbons (Fsp3) is 0.133. The molecule has 0 radical (unpaired) electrons. The van der Waals surface area contributed by atoms with Crippen LogP contribution in [0.1, 0.15) is 11.1 Å². The summed E-state index contributed by atoms with van der Waals surface area (Å²) in [5.74, 6) is -0.00355. The number of anilines is 1. The van der Waals surface area contributed by atoms with Crippen molar-refractivity contribution in [1.82, 2.24) is 4.98 Å². The van der Waals surface area contributed by atoms with Crippen LogP contribution in [0.3, 0.4) is 0 Å². The van der Waals surface area contributed by atoms with E-state index in [1.54, 1.807) is 18.2 Å². The minimum Gasteiger partial charge on any atom is -0.444 e. The monoisotopic (exact) mass is 312 g/mol. The van der Waals surface area contributed by atoms with Crippen molar-refractivity contribution in [2.45, 2.75) is 6.61 Å². The lowest BCUT2D eigenvalue weighted by molar-refractivity contribution is -0.385. The summed E-state index contributed by atoms with van der Waals surface area (Å²) in [6.45, 7) is 0.0683. The van der Waals surface area contributed by atoms with E-state index in [9.17, 15) is 14.9 Å². The van der Waals surface area contributed by atoms with E-state index in [1.165, 1.54) is 7.05 Å². The molecule has 1 aromatic heterocycles. The molecule has 1 heterocycles. The zero-order chi connectivity index (χ0) is 16.8. The first-order chi connectivity index (χ1) is 11.0. The molecule has 116 valence electrons. The first-order valence-corrected chi connectivity index (χ1v) is 6.52. The van der Waals surface area contributed by atoms with Crippen LogP contribution < -0.4 is 4.90 Å². The van der Waals surface area contributed by atoms with Gasteiger partial charge in [-0.05, 0) is 5.56 Å². The molecule has 0 fully saturated rings. The maximum absolute atomic E-state index is 12.0. The Morgan fingerprint density at radius 1 is 1.43 bits per heavy atom. The first-order valence-electron chi connectivity index (χ1n) is 6.52. The second kappa shape index (κ2) is 7.00. The van der Waals surface area contributed by atoms with Crippen LogP contribution in [0.25, 0.3) is 0 Å². The first kappa shape index (κ1) is 15.9. The van der Waals surface area contributed by atoms with Gasteiger partial charge in [-0.3, -0.25) is 15.0 Å². The molecule has 2 rings (SSSR count). The van der Waals surface area contributed by atoms with Crippen LogP contribution in [0.15, 0.2) is 42.6 Å². The quantitative estimate of drug-likeness (QED) is 0.634. The van der Waals surface area contributed by atoms with Crippen LogP contribution in [-0.2, 0) is 11.3 Å². The van der Waals surface area contributed by atoms with E-state index in [2.05, 4.69) is 4.98 Å². The lowest BCUT2D eigenvalue weighted by Gasteiger charge is -2.16. The Morgan fingerprint density at radius 3 is 2.74 bits per heavy atom. The number of nitrogens with zero attached hydrogens (tertiary/aromatic N) is 4. The van der Waals surface area contributed by atoms with Crippen molar-refractivity contribution in [3.8, 4) is 6.07 Å². The van der Waals surface area contributed by atoms with Crippen molar-refractivity contribution in [3.63, 3.8) is 0 Å². The molecule has 0 aliphatic carbocycles. The fourth-order valence-electron chi connectivity index (χ4n) is 1.80. The highest BCUT2D eigenvalue weighted by Crippen LogP contribution is 2.21. The molecular weight excluding hydrogens is 300 g/mol. The number of nitro groups is 1. The van der Waals surface area contributed by atoms with Gasteiger partial charge in [0.2, 0.25) is 0 Å². The van der Waals surface area contributed by atoms with E-state index in [0.29, 0.717) is 0 Å². The van der Waals surface area contributed by atoms with Crippen molar-refractivity contribution < 1.29 is 14.5 Å². The molecule has 8 nitrogen and oxygen atoms in total. The van der Waals surface area contributed by atoms with Crippen LogP contribution in [-0.4, -0.2) is 23.0 Å². The lowest BCUT2D eigenvalue weighted by Crippen LogP contribution is -2.28. The molecule has 23 heavy (non-hydrogen) atoms. The summed E-state index contributed by atoms with van der Waals surface area (Å²) in [5, 5.41) is 19.8. The summed E-state index contributed by atoms with van der Waals surface area (Å²) in [4.78, 5) is 26.9. The highest BCUT2D eigenvalue weighted by molar-refractivity contribution is 5.87. The second-order valence-corrected chi connectivity index (χ2v) is 4.53. The van der Waals surface area contributed by atoms with Crippen LogP contribution in [0, 0.1) is 21.4 Å². The Bertz CT molecular complexity index is 771. The molecular formula is C15H12N4O4. The van der Waals surface area contributed by atoms with E-state index in [-0.39, 0.29) is 23.7 Å². The summed E-state index contributed by atoms with van der Waals surface area (Å²) >= 11 is 0. The van der Waals surface area contributed by atoms with Crippen molar-refractivity contribution in [2.24, 2.45) is 0 Å².